The van der Waals surface area contributed by atoms with Gasteiger partial charge in [-0.15, -0.1) is 11.3 Å². The van der Waals surface area contributed by atoms with Crippen molar-refractivity contribution in [3.63, 3.8) is 0 Å². The summed E-state index contributed by atoms with van der Waals surface area (Å²) >= 11 is 7.55. The molecular weight excluding hydrogens is 292 g/mol. The van der Waals surface area contributed by atoms with Crippen LogP contribution in [-0.4, -0.2) is 10.1 Å². The van der Waals surface area contributed by atoms with Crippen LogP contribution in [0.25, 0.3) is 10.2 Å². The van der Waals surface area contributed by atoms with E-state index in [0.717, 1.165) is 20.8 Å². The van der Waals surface area contributed by atoms with Crippen molar-refractivity contribution < 1.29 is 5.11 Å². The summed E-state index contributed by atoms with van der Waals surface area (Å²) in [6.45, 7) is 0. The first kappa shape index (κ1) is 13.4. The number of aromatic nitrogens is 1. The number of rotatable bonds is 3. The van der Waals surface area contributed by atoms with E-state index < -0.39 is 0 Å². The quantitative estimate of drug-likeness (QED) is 0.771. The van der Waals surface area contributed by atoms with Crippen molar-refractivity contribution in [1.82, 2.24) is 4.98 Å². The van der Waals surface area contributed by atoms with Gasteiger partial charge in [-0.2, -0.15) is 0 Å². The maximum atomic E-state index is 9.28. The van der Waals surface area contributed by atoms with Crippen molar-refractivity contribution in [2.45, 2.75) is 12.5 Å². The third kappa shape index (κ3) is 2.77. The molecule has 0 spiro atoms. The summed E-state index contributed by atoms with van der Waals surface area (Å²) in [6, 6.07) is 12.6. The largest absolute Gasteiger partial charge is 0.508 e. The second-order valence-corrected chi connectivity index (χ2v) is 6.14. The highest BCUT2D eigenvalue weighted by atomic mass is 35.5. The molecule has 102 valence electrons. The Morgan fingerprint density at radius 2 is 1.95 bits per heavy atom. The van der Waals surface area contributed by atoms with Gasteiger partial charge in [0.2, 0.25) is 0 Å². The number of nitrogens with zero attached hydrogens (tertiary/aromatic N) is 1. The second kappa shape index (κ2) is 5.40. The molecule has 0 saturated carbocycles. The smallest absolute Gasteiger partial charge is 0.115 e. The van der Waals surface area contributed by atoms with Crippen LogP contribution >= 0.6 is 22.9 Å². The molecule has 2 aromatic carbocycles. The van der Waals surface area contributed by atoms with Gasteiger partial charge in [0.15, 0.2) is 0 Å². The Hall–Kier alpha value is -1.62. The maximum absolute atomic E-state index is 9.28. The minimum Gasteiger partial charge on any atom is -0.508 e. The predicted molar refractivity (Wildman–Crippen MR) is 83.4 cm³/mol. The van der Waals surface area contributed by atoms with Gasteiger partial charge in [-0.1, -0.05) is 23.7 Å². The van der Waals surface area contributed by atoms with Crippen LogP contribution in [0.4, 0.5) is 0 Å². The van der Waals surface area contributed by atoms with Crippen LogP contribution in [0.2, 0.25) is 5.02 Å². The lowest BCUT2D eigenvalue weighted by atomic mass is 10.1. The van der Waals surface area contributed by atoms with Gasteiger partial charge in [-0.3, -0.25) is 0 Å². The molecule has 0 amide bonds. The van der Waals surface area contributed by atoms with Crippen LogP contribution in [0.3, 0.4) is 0 Å². The topological polar surface area (TPSA) is 59.1 Å². The van der Waals surface area contributed by atoms with Crippen molar-refractivity contribution in [3.05, 3.63) is 58.1 Å². The number of fused-ring (bicyclic) bond motifs is 1. The lowest BCUT2D eigenvalue weighted by Crippen LogP contribution is -2.12. The van der Waals surface area contributed by atoms with Crippen LogP contribution in [-0.2, 0) is 6.42 Å². The Kier molecular flexibility index (Phi) is 3.61. The number of hydrogen-bond acceptors (Lipinski definition) is 4. The van der Waals surface area contributed by atoms with Crippen LogP contribution in [0.5, 0.6) is 5.75 Å². The minimum atomic E-state index is -0.157. The summed E-state index contributed by atoms with van der Waals surface area (Å²) < 4.78 is 1.05. The summed E-state index contributed by atoms with van der Waals surface area (Å²) in [4.78, 5) is 4.55. The molecule has 20 heavy (non-hydrogen) atoms. The van der Waals surface area contributed by atoms with E-state index in [4.69, 9.17) is 17.3 Å². The molecule has 3 nitrogen and oxygen atoms in total. The molecule has 3 N–H and O–H groups in total. The average Bonchev–Trinajstić information content (AvgIpc) is 2.84. The van der Waals surface area contributed by atoms with Crippen molar-refractivity contribution in [1.29, 1.82) is 0 Å². The van der Waals surface area contributed by atoms with Gasteiger partial charge in [0.1, 0.15) is 10.8 Å². The molecule has 1 aromatic heterocycles. The third-order valence-corrected chi connectivity index (χ3v) is 4.46. The standard InChI is InChI=1S/C15H13ClN2OS/c16-10-3-6-13-14(8-10)20-15(18-13)12(17)7-9-1-4-11(19)5-2-9/h1-6,8,12,19H,7,17H2. The van der Waals surface area contributed by atoms with E-state index >= 15 is 0 Å². The molecule has 5 heteroatoms. The summed E-state index contributed by atoms with van der Waals surface area (Å²) in [5.74, 6) is 0.261. The van der Waals surface area contributed by atoms with Crippen molar-refractivity contribution >= 4 is 33.2 Å². The molecule has 3 rings (SSSR count). The molecule has 0 fully saturated rings. The van der Waals surface area contributed by atoms with E-state index in [1.807, 2.05) is 30.3 Å². The SMILES string of the molecule is NC(Cc1ccc(O)cc1)c1nc2ccc(Cl)cc2s1. The van der Waals surface area contributed by atoms with Gasteiger partial charge in [-0.05, 0) is 42.3 Å². The predicted octanol–water partition coefficient (Wildman–Crippen LogP) is 3.90. The molecule has 0 saturated heterocycles. The molecule has 3 aromatic rings. The Morgan fingerprint density at radius 1 is 1.20 bits per heavy atom. The zero-order valence-electron chi connectivity index (χ0n) is 10.6. The fourth-order valence-corrected chi connectivity index (χ4v) is 3.29. The minimum absolute atomic E-state index is 0.157. The summed E-state index contributed by atoms with van der Waals surface area (Å²) in [5, 5.41) is 10.9. The number of nitrogens with two attached hydrogens (primary N) is 1. The molecule has 1 atom stereocenters. The van der Waals surface area contributed by atoms with Gasteiger partial charge in [-0.25, -0.2) is 4.98 Å². The summed E-state index contributed by atoms with van der Waals surface area (Å²) in [7, 11) is 0. The molecule has 1 heterocycles. The number of phenolic OH excluding ortho intramolecular Hbond substituents is 1. The van der Waals surface area contributed by atoms with Crippen molar-refractivity contribution in [2.24, 2.45) is 5.73 Å². The Balaban J connectivity index is 1.84. The first-order valence-corrected chi connectivity index (χ1v) is 7.41. The maximum Gasteiger partial charge on any atom is 0.115 e. The number of hydrogen-bond donors (Lipinski definition) is 2. The lowest BCUT2D eigenvalue weighted by molar-refractivity contribution is 0.475. The highest BCUT2D eigenvalue weighted by Crippen LogP contribution is 2.29. The zero-order valence-corrected chi connectivity index (χ0v) is 12.2. The number of halogens is 1. The number of phenols is 1. The van der Waals surface area contributed by atoms with Crippen molar-refractivity contribution in [3.8, 4) is 5.75 Å². The van der Waals surface area contributed by atoms with Gasteiger partial charge < -0.3 is 10.8 Å². The van der Waals surface area contributed by atoms with Crippen LogP contribution in [0.15, 0.2) is 42.5 Å². The molecule has 0 radical (unpaired) electrons. The Labute approximate surface area is 125 Å². The number of thiazole rings is 1. The highest BCUT2D eigenvalue weighted by molar-refractivity contribution is 7.18. The number of benzene rings is 2. The lowest BCUT2D eigenvalue weighted by Gasteiger charge is -2.08. The summed E-state index contributed by atoms with van der Waals surface area (Å²) in [6.07, 6.45) is 0.688. The van der Waals surface area contributed by atoms with Crippen LogP contribution in [0.1, 0.15) is 16.6 Å². The number of aromatic hydroxyl groups is 1. The van der Waals surface area contributed by atoms with Gasteiger partial charge in [0, 0.05) is 5.02 Å². The fraction of sp³-hybridized carbons (Fsp3) is 0.133. The van der Waals surface area contributed by atoms with Gasteiger partial charge >= 0.3 is 0 Å². The van der Waals surface area contributed by atoms with Crippen LogP contribution in [0, 0.1) is 0 Å². The molecule has 0 aliphatic rings. The Bertz CT molecular complexity index is 739. The van der Waals surface area contributed by atoms with E-state index in [-0.39, 0.29) is 11.8 Å². The molecule has 0 aliphatic heterocycles. The molecule has 1 unspecified atom stereocenters. The first-order chi connectivity index (χ1) is 9.61. The van der Waals surface area contributed by atoms with E-state index in [1.54, 1.807) is 23.5 Å². The second-order valence-electron chi connectivity index (χ2n) is 4.64. The van der Waals surface area contributed by atoms with Gasteiger partial charge in [0.05, 0.1) is 16.3 Å². The van der Waals surface area contributed by atoms with Crippen molar-refractivity contribution in [2.75, 3.05) is 0 Å². The first-order valence-electron chi connectivity index (χ1n) is 6.21. The normalized spacial score (nSPS) is 12.7. The monoisotopic (exact) mass is 304 g/mol. The molecule has 0 bridgehead atoms. The van der Waals surface area contributed by atoms with E-state index in [1.165, 1.54) is 0 Å². The Morgan fingerprint density at radius 3 is 2.70 bits per heavy atom. The zero-order chi connectivity index (χ0) is 14.1. The van der Waals surface area contributed by atoms with E-state index in [9.17, 15) is 5.11 Å². The van der Waals surface area contributed by atoms with E-state index in [0.29, 0.717) is 11.4 Å². The third-order valence-electron chi connectivity index (χ3n) is 3.08. The van der Waals surface area contributed by atoms with Crippen LogP contribution < -0.4 is 5.73 Å². The highest BCUT2D eigenvalue weighted by Gasteiger charge is 2.13. The van der Waals surface area contributed by atoms with E-state index in [2.05, 4.69) is 4.98 Å². The average molecular weight is 305 g/mol. The van der Waals surface area contributed by atoms with Gasteiger partial charge in [0.25, 0.3) is 0 Å². The summed E-state index contributed by atoms with van der Waals surface area (Å²) in [5.41, 5.74) is 8.22. The fourth-order valence-electron chi connectivity index (χ4n) is 2.05. The molecule has 0 aliphatic carbocycles. The molecular formula is C15H13ClN2OS.